The van der Waals surface area contributed by atoms with E-state index in [0.717, 1.165) is 35.3 Å². The summed E-state index contributed by atoms with van der Waals surface area (Å²) in [7, 11) is 0. The monoisotopic (exact) mass is 274 g/mol. The van der Waals surface area contributed by atoms with Crippen LogP contribution in [0.15, 0.2) is 30.5 Å². The number of nitrogens with zero attached hydrogens (tertiary/aromatic N) is 1. The van der Waals surface area contributed by atoms with Crippen molar-refractivity contribution in [2.45, 2.75) is 6.42 Å². The number of H-pyrrole nitrogens is 1. The van der Waals surface area contributed by atoms with E-state index in [9.17, 15) is 4.79 Å². The first-order valence-electron chi connectivity index (χ1n) is 6.74. The molecule has 0 bridgehead atoms. The van der Waals surface area contributed by atoms with Crippen molar-refractivity contribution in [1.82, 2.24) is 9.88 Å². The Kier molecular flexibility index (Phi) is 3.89. The average Bonchev–Trinajstić information content (AvgIpc) is 2.70. The first-order valence-corrected chi connectivity index (χ1v) is 7.89. The van der Waals surface area contributed by atoms with Crippen molar-refractivity contribution in [3.05, 3.63) is 36.0 Å². The van der Waals surface area contributed by atoms with Crippen molar-refractivity contribution in [1.29, 1.82) is 0 Å². The number of ketones is 1. The molecule has 1 aromatic heterocycles. The minimum absolute atomic E-state index is 0.226. The number of nitrogens with one attached hydrogen (secondary N) is 1. The molecule has 0 saturated carbocycles. The lowest BCUT2D eigenvalue weighted by molar-refractivity contribution is 0.0937. The summed E-state index contributed by atoms with van der Waals surface area (Å²) in [6.45, 7) is 2.61. The lowest BCUT2D eigenvalue weighted by atomic mass is 10.1. The topological polar surface area (TPSA) is 36.1 Å². The summed E-state index contributed by atoms with van der Waals surface area (Å²) < 4.78 is 0. The van der Waals surface area contributed by atoms with Crippen LogP contribution in [0.2, 0.25) is 0 Å². The van der Waals surface area contributed by atoms with Gasteiger partial charge in [-0.3, -0.25) is 9.69 Å². The minimum Gasteiger partial charge on any atom is -0.360 e. The zero-order valence-corrected chi connectivity index (χ0v) is 11.7. The van der Waals surface area contributed by atoms with Gasteiger partial charge in [0.15, 0.2) is 5.78 Å². The molecule has 1 aliphatic rings. The average molecular weight is 274 g/mol. The molecule has 1 aliphatic heterocycles. The van der Waals surface area contributed by atoms with Crippen molar-refractivity contribution in [3.63, 3.8) is 0 Å². The van der Waals surface area contributed by atoms with Crippen molar-refractivity contribution in [2.75, 3.05) is 31.1 Å². The van der Waals surface area contributed by atoms with Gasteiger partial charge in [0.25, 0.3) is 0 Å². The van der Waals surface area contributed by atoms with E-state index in [1.165, 1.54) is 12.2 Å². The predicted molar refractivity (Wildman–Crippen MR) is 81.0 cm³/mol. The Morgan fingerprint density at radius 1 is 1.26 bits per heavy atom. The fourth-order valence-electron chi connectivity index (χ4n) is 2.55. The summed E-state index contributed by atoms with van der Waals surface area (Å²) in [5.74, 6) is 2.59. The van der Waals surface area contributed by atoms with Crippen molar-refractivity contribution < 1.29 is 4.79 Å². The number of aromatic amines is 1. The van der Waals surface area contributed by atoms with Gasteiger partial charge in [-0.15, -0.1) is 0 Å². The minimum atomic E-state index is 0.226. The van der Waals surface area contributed by atoms with Crippen LogP contribution in [-0.2, 0) is 0 Å². The third-order valence-electron chi connectivity index (χ3n) is 3.57. The van der Waals surface area contributed by atoms with E-state index >= 15 is 0 Å². The lowest BCUT2D eigenvalue weighted by Gasteiger charge is -2.17. The second-order valence-corrected chi connectivity index (χ2v) is 6.14. The van der Waals surface area contributed by atoms with Gasteiger partial charge in [0.05, 0.1) is 6.54 Å². The molecule has 2 heterocycles. The summed E-state index contributed by atoms with van der Waals surface area (Å²) in [4.78, 5) is 17.9. The molecule has 1 fully saturated rings. The highest BCUT2D eigenvalue weighted by Crippen LogP contribution is 2.19. The van der Waals surface area contributed by atoms with Gasteiger partial charge in [-0.05, 0) is 24.8 Å². The van der Waals surface area contributed by atoms with Gasteiger partial charge in [-0.1, -0.05) is 18.2 Å². The highest BCUT2D eigenvalue weighted by atomic mass is 32.2. The lowest BCUT2D eigenvalue weighted by Crippen LogP contribution is -2.31. The normalized spacial score (nSPS) is 17.5. The van der Waals surface area contributed by atoms with Crippen molar-refractivity contribution in [2.24, 2.45) is 0 Å². The van der Waals surface area contributed by atoms with E-state index in [-0.39, 0.29) is 5.78 Å². The Labute approximate surface area is 117 Å². The maximum Gasteiger partial charge on any atom is 0.178 e. The van der Waals surface area contributed by atoms with Crippen LogP contribution < -0.4 is 0 Å². The van der Waals surface area contributed by atoms with Crippen LogP contribution in [0.3, 0.4) is 0 Å². The molecule has 3 nitrogen and oxygen atoms in total. The first kappa shape index (κ1) is 12.8. The van der Waals surface area contributed by atoms with Crippen LogP contribution in [0.5, 0.6) is 0 Å². The van der Waals surface area contributed by atoms with Crippen LogP contribution in [0.25, 0.3) is 10.9 Å². The molecule has 2 aromatic rings. The summed E-state index contributed by atoms with van der Waals surface area (Å²) in [6, 6.07) is 7.99. The number of aromatic nitrogens is 1. The zero-order valence-electron chi connectivity index (χ0n) is 10.9. The molecule has 19 heavy (non-hydrogen) atoms. The Balaban J connectivity index is 1.76. The van der Waals surface area contributed by atoms with E-state index in [0.29, 0.717) is 6.54 Å². The number of fused-ring (bicyclic) bond motifs is 1. The smallest absolute Gasteiger partial charge is 0.178 e. The quantitative estimate of drug-likeness (QED) is 0.874. The van der Waals surface area contributed by atoms with Gasteiger partial charge >= 0.3 is 0 Å². The maximum atomic E-state index is 12.4. The maximum absolute atomic E-state index is 12.4. The molecular weight excluding hydrogens is 256 g/mol. The van der Waals surface area contributed by atoms with E-state index < -0.39 is 0 Å². The Hall–Kier alpha value is -1.26. The second kappa shape index (κ2) is 5.80. The molecule has 0 unspecified atom stereocenters. The van der Waals surface area contributed by atoms with E-state index in [1.807, 2.05) is 42.2 Å². The van der Waals surface area contributed by atoms with E-state index in [4.69, 9.17) is 0 Å². The first-order chi connectivity index (χ1) is 9.34. The number of para-hydroxylation sites is 1. The number of thioether (sulfide) groups is 1. The number of benzene rings is 1. The summed E-state index contributed by atoms with van der Waals surface area (Å²) in [5, 5.41) is 1.04. The molecule has 0 atom stereocenters. The third-order valence-corrected chi connectivity index (χ3v) is 4.62. The Bertz CT molecular complexity index is 570. The second-order valence-electron chi connectivity index (χ2n) is 4.91. The van der Waals surface area contributed by atoms with Gasteiger partial charge in [-0.2, -0.15) is 11.8 Å². The molecule has 3 rings (SSSR count). The summed E-state index contributed by atoms with van der Waals surface area (Å²) in [6.07, 6.45) is 3.03. The number of carbonyl (C=O) groups excluding carboxylic acids is 1. The molecule has 1 aromatic carbocycles. The fourth-order valence-corrected chi connectivity index (χ4v) is 3.47. The van der Waals surface area contributed by atoms with Crippen LogP contribution in [0.1, 0.15) is 16.8 Å². The molecule has 4 heteroatoms. The van der Waals surface area contributed by atoms with Crippen molar-refractivity contribution >= 4 is 28.4 Å². The molecule has 1 saturated heterocycles. The Morgan fingerprint density at radius 3 is 3.11 bits per heavy atom. The molecule has 0 spiro atoms. The van der Waals surface area contributed by atoms with Gasteiger partial charge in [0.1, 0.15) is 0 Å². The Morgan fingerprint density at radius 2 is 2.16 bits per heavy atom. The number of hydrogen-bond donors (Lipinski definition) is 1. The predicted octanol–water partition coefficient (Wildman–Crippen LogP) is 2.79. The third kappa shape index (κ3) is 2.85. The molecule has 0 amide bonds. The fraction of sp³-hybridized carbons (Fsp3) is 0.400. The van der Waals surface area contributed by atoms with Crippen molar-refractivity contribution in [3.8, 4) is 0 Å². The zero-order chi connectivity index (χ0) is 13.1. The van der Waals surface area contributed by atoms with E-state index in [2.05, 4.69) is 9.88 Å². The highest BCUT2D eigenvalue weighted by Gasteiger charge is 2.16. The molecule has 0 radical (unpaired) electrons. The summed E-state index contributed by atoms with van der Waals surface area (Å²) in [5.41, 5.74) is 1.87. The van der Waals surface area contributed by atoms with Crippen LogP contribution in [0.4, 0.5) is 0 Å². The van der Waals surface area contributed by atoms with Crippen LogP contribution in [-0.4, -0.2) is 46.8 Å². The molecular formula is C15H18N2OS. The molecule has 100 valence electrons. The molecule has 1 N–H and O–H groups in total. The number of Topliss-reactive ketones (excluding diaryl/α,β-unsaturated/α-hetero) is 1. The molecule has 0 aliphatic carbocycles. The highest BCUT2D eigenvalue weighted by molar-refractivity contribution is 7.99. The standard InChI is InChI=1S/C15H18N2OS/c18-15(11-17-6-3-8-19-9-7-17)13-10-16-14-5-2-1-4-12(13)14/h1-2,4-5,10,16H,3,6-9,11H2. The van der Waals surface area contributed by atoms with Gasteiger partial charge in [0, 0.05) is 35.0 Å². The summed E-state index contributed by atoms with van der Waals surface area (Å²) >= 11 is 1.99. The van der Waals surface area contributed by atoms with Gasteiger partial charge in [-0.25, -0.2) is 0 Å². The van der Waals surface area contributed by atoms with Crippen LogP contribution >= 0.6 is 11.8 Å². The SMILES string of the molecule is O=C(CN1CCCSCC1)c1c[nH]c2ccccc12. The van der Waals surface area contributed by atoms with Gasteiger partial charge in [0.2, 0.25) is 0 Å². The largest absolute Gasteiger partial charge is 0.360 e. The number of carbonyl (C=O) groups is 1. The number of hydrogen-bond acceptors (Lipinski definition) is 3. The van der Waals surface area contributed by atoms with Gasteiger partial charge < -0.3 is 4.98 Å². The number of rotatable bonds is 3. The van der Waals surface area contributed by atoms with Crippen LogP contribution in [0, 0.1) is 0 Å². The van der Waals surface area contributed by atoms with E-state index in [1.54, 1.807) is 0 Å².